The Morgan fingerprint density at radius 3 is 2.92 bits per heavy atom. The molecule has 2 nitrogen and oxygen atoms in total. The number of rotatable bonds is 2. The van der Waals surface area contributed by atoms with E-state index in [4.69, 9.17) is 0 Å². The average molecular weight is 174 g/mol. The molecule has 68 valence electrons. The third-order valence-corrected chi connectivity index (χ3v) is 2.35. The summed E-state index contributed by atoms with van der Waals surface area (Å²) >= 11 is 0. The van der Waals surface area contributed by atoms with Crippen LogP contribution in [0.5, 0.6) is 0 Å². The standard InChI is InChI=1S/C11H14N2/c1-12-8-10-5-3-4-9-6-7-13(2)11(9)10/h3-7,12H,8H2,1-2H3. The summed E-state index contributed by atoms with van der Waals surface area (Å²) in [4.78, 5) is 0. The van der Waals surface area contributed by atoms with Crippen LogP contribution in [0, 0.1) is 0 Å². The predicted octanol–water partition coefficient (Wildman–Crippen LogP) is 1.90. The van der Waals surface area contributed by atoms with Gasteiger partial charge in [0.1, 0.15) is 0 Å². The van der Waals surface area contributed by atoms with Crippen molar-refractivity contribution in [2.75, 3.05) is 7.05 Å². The molecule has 0 amide bonds. The number of para-hydroxylation sites is 1. The molecule has 0 fully saturated rings. The van der Waals surface area contributed by atoms with Crippen LogP contribution in [0.15, 0.2) is 30.5 Å². The van der Waals surface area contributed by atoms with Gasteiger partial charge in [-0.2, -0.15) is 0 Å². The van der Waals surface area contributed by atoms with Gasteiger partial charge >= 0.3 is 0 Å². The molecule has 0 radical (unpaired) electrons. The van der Waals surface area contributed by atoms with Gasteiger partial charge in [-0.1, -0.05) is 18.2 Å². The molecule has 0 saturated carbocycles. The van der Waals surface area contributed by atoms with Gasteiger partial charge in [0.2, 0.25) is 0 Å². The van der Waals surface area contributed by atoms with Gasteiger partial charge in [-0.05, 0) is 24.1 Å². The molecule has 13 heavy (non-hydrogen) atoms. The number of aryl methyl sites for hydroxylation is 1. The van der Waals surface area contributed by atoms with Crippen molar-refractivity contribution in [1.82, 2.24) is 9.88 Å². The zero-order valence-electron chi connectivity index (χ0n) is 8.04. The summed E-state index contributed by atoms with van der Waals surface area (Å²) in [6, 6.07) is 8.57. The molecular formula is C11H14N2. The summed E-state index contributed by atoms with van der Waals surface area (Å²) in [7, 11) is 4.06. The number of hydrogen-bond acceptors (Lipinski definition) is 1. The normalized spacial score (nSPS) is 10.9. The Bertz CT molecular complexity index is 415. The highest BCUT2D eigenvalue weighted by atomic mass is 14.9. The second kappa shape index (κ2) is 3.23. The van der Waals surface area contributed by atoms with E-state index in [0.717, 1.165) is 6.54 Å². The Labute approximate surface area is 78.2 Å². The summed E-state index contributed by atoms with van der Waals surface area (Å²) in [5.41, 5.74) is 2.68. The van der Waals surface area contributed by atoms with Gasteiger partial charge in [-0.15, -0.1) is 0 Å². The Balaban J connectivity index is 2.65. The Hall–Kier alpha value is -1.28. The van der Waals surface area contributed by atoms with Crippen LogP contribution < -0.4 is 5.32 Å². The molecule has 2 heteroatoms. The first-order valence-corrected chi connectivity index (χ1v) is 4.50. The molecule has 0 atom stereocenters. The molecule has 1 aromatic heterocycles. The molecule has 2 rings (SSSR count). The quantitative estimate of drug-likeness (QED) is 0.735. The van der Waals surface area contributed by atoms with E-state index in [1.807, 2.05) is 7.05 Å². The molecule has 0 spiro atoms. The van der Waals surface area contributed by atoms with Crippen LogP contribution in [0.25, 0.3) is 10.9 Å². The summed E-state index contributed by atoms with van der Waals surface area (Å²) in [5, 5.41) is 4.49. The highest BCUT2D eigenvalue weighted by Crippen LogP contribution is 2.18. The van der Waals surface area contributed by atoms with E-state index in [2.05, 4.69) is 47.4 Å². The SMILES string of the molecule is CNCc1cccc2ccn(C)c12. The van der Waals surface area contributed by atoms with E-state index < -0.39 is 0 Å². The molecule has 1 heterocycles. The van der Waals surface area contributed by atoms with Crippen LogP contribution >= 0.6 is 0 Å². The van der Waals surface area contributed by atoms with Gasteiger partial charge in [-0.3, -0.25) is 0 Å². The number of nitrogens with one attached hydrogen (secondary N) is 1. The van der Waals surface area contributed by atoms with Crippen LogP contribution in [0.3, 0.4) is 0 Å². The first-order chi connectivity index (χ1) is 6.33. The van der Waals surface area contributed by atoms with Crippen molar-refractivity contribution >= 4 is 10.9 Å². The minimum atomic E-state index is 0.926. The smallest absolute Gasteiger partial charge is 0.0523 e. The maximum atomic E-state index is 3.18. The molecule has 0 aliphatic heterocycles. The van der Waals surface area contributed by atoms with Gasteiger partial charge in [0.15, 0.2) is 0 Å². The highest BCUT2D eigenvalue weighted by molar-refractivity contribution is 5.83. The van der Waals surface area contributed by atoms with E-state index in [1.165, 1.54) is 16.5 Å². The average Bonchev–Trinajstić information content (AvgIpc) is 2.50. The Kier molecular flexibility index (Phi) is 2.07. The van der Waals surface area contributed by atoms with Crippen molar-refractivity contribution in [3.63, 3.8) is 0 Å². The number of nitrogens with zero attached hydrogens (tertiary/aromatic N) is 1. The van der Waals surface area contributed by atoms with Gasteiger partial charge in [0.25, 0.3) is 0 Å². The van der Waals surface area contributed by atoms with Crippen molar-refractivity contribution in [3.8, 4) is 0 Å². The number of fused-ring (bicyclic) bond motifs is 1. The predicted molar refractivity (Wildman–Crippen MR) is 55.7 cm³/mol. The molecule has 2 aromatic rings. The Morgan fingerprint density at radius 2 is 2.15 bits per heavy atom. The third kappa shape index (κ3) is 1.33. The summed E-state index contributed by atoms with van der Waals surface area (Å²) in [6.07, 6.45) is 2.10. The van der Waals surface area contributed by atoms with Crippen molar-refractivity contribution in [2.45, 2.75) is 6.54 Å². The van der Waals surface area contributed by atoms with Crippen LogP contribution in [0.2, 0.25) is 0 Å². The zero-order chi connectivity index (χ0) is 9.26. The molecular weight excluding hydrogens is 160 g/mol. The zero-order valence-corrected chi connectivity index (χ0v) is 8.04. The molecule has 0 saturated heterocycles. The highest BCUT2D eigenvalue weighted by Gasteiger charge is 2.02. The minimum Gasteiger partial charge on any atom is -0.350 e. The lowest BCUT2D eigenvalue weighted by atomic mass is 10.1. The largest absolute Gasteiger partial charge is 0.350 e. The summed E-state index contributed by atoms with van der Waals surface area (Å²) < 4.78 is 2.17. The minimum absolute atomic E-state index is 0.926. The van der Waals surface area contributed by atoms with E-state index >= 15 is 0 Å². The molecule has 1 aromatic carbocycles. The lowest BCUT2D eigenvalue weighted by molar-refractivity contribution is 0.815. The van der Waals surface area contributed by atoms with Gasteiger partial charge < -0.3 is 9.88 Å². The van der Waals surface area contributed by atoms with Crippen molar-refractivity contribution in [1.29, 1.82) is 0 Å². The van der Waals surface area contributed by atoms with Crippen molar-refractivity contribution in [2.24, 2.45) is 7.05 Å². The topological polar surface area (TPSA) is 17.0 Å². The Morgan fingerprint density at radius 1 is 1.31 bits per heavy atom. The molecule has 0 aliphatic carbocycles. The number of benzene rings is 1. The first-order valence-electron chi connectivity index (χ1n) is 4.50. The van der Waals surface area contributed by atoms with E-state index in [9.17, 15) is 0 Å². The molecule has 0 unspecified atom stereocenters. The van der Waals surface area contributed by atoms with E-state index in [1.54, 1.807) is 0 Å². The van der Waals surface area contributed by atoms with Crippen LogP contribution in [0.1, 0.15) is 5.56 Å². The van der Waals surface area contributed by atoms with Gasteiger partial charge in [-0.25, -0.2) is 0 Å². The molecule has 0 bridgehead atoms. The number of aromatic nitrogens is 1. The second-order valence-corrected chi connectivity index (χ2v) is 3.31. The van der Waals surface area contributed by atoms with Crippen LogP contribution in [-0.4, -0.2) is 11.6 Å². The monoisotopic (exact) mass is 174 g/mol. The van der Waals surface area contributed by atoms with Crippen LogP contribution in [0.4, 0.5) is 0 Å². The molecule has 0 aliphatic rings. The first kappa shape index (κ1) is 8.32. The van der Waals surface area contributed by atoms with Crippen molar-refractivity contribution < 1.29 is 0 Å². The van der Waals surface area contributed by atoms with Crippen LogP contribution in [-0.2, 0) is 13.6 Å². The van der Waals surface area contributed by atoms with Gasteiger partial charge in [0.05, 0.1) is 5.52 Å². The maximum absolute atomic E-state index is 3.18. The second-order valence-electron chi connectivity index (χ2n) is 3.31. The summed E-state index contributed by atoms with van der Waals surface area (Å²) in [5.74, 6) is 0. The van der Waals surface area contributed by atoms with Crippen molar-refractivity contribution in [3.05, 3.63) is 36.0 Å². The lowest BCUT2D eigenvalue weighted by Crippen LogP contribution is -2.06. The fourth-order valence-electron chi connectivity index (χ4n) is 1.78. The molecule has 1 N–H and O–H groups in total. The van der Waals surface area contributed by atoms with E-state index in [0.29, 0.717) is 0 Å². The fraction of sp³-hybridized carbons (Fsp3) is 0.273. The fourth-order valence-corrected chi connectivity index (χ4v) is 1.78. The lowest BCUT2D eigenvalue weighted by Gasteiger charge is -2.04. The number of hydrogen-bond donors (Lipinski definition) is 1. The third-order valence-electron chi connectivity index (χ3n) is 2.35. The van der Waals surface area contributed by atoms with Gasteiger partial charge in [0, 0.05) is 19.8 Å². The van der Waals surface area contributed by atoms with E-state index in [-0.39, 0.29) is 0 Å². The maximum Gasteiger partial charge on any atom is 0.0523 e. The summed E-state index contributed by atoms with van der Waals surface area (Å²) in [6.45, 7) is 0.926.